The molecule has 0 fully saturated rings. The Balaban J connectivity index is 0.00000210. The highest BCUT2D eigenvalue weighted by molar-refractivity contribution is 14.0. The third kappa shape index (κ3) is 4.49. The number of pyridine rings is 1. The van der Waals surface area contributed by atoms with Gasteiger partial charge in [0.25, 0.3) is 0 Å². The number of nitrogens with zero attached hydrogens (tertiary/aromatic N) is 4. The molecular formula is C19H23IN6O. The first-order valence-electron chi connectivity index (χ1n) is 8.89. The average molecular weight is 478 g/mol. The molecule has 0 radical (unpaired) electrons. The number of para-hydroxylation sites is 1. The van der Waals surface area contributed by atoms with Crippen LogP contribution < -0.4 is 15.4 Å². The molecule has 0 saturated heterocycles. The Morgan fingerprint density at radius 2 is 2.04 bits per heavy atom. The van der Waals surface area contributed by atoms with E-state index in [0.717, 1.165) is 36.1 Å². The van der Waals surface area contributed by atoms with E-state index in [1.807, 2.05) is 53.9 Å². The van der Waals surface area contributed by atoms with Crippen molar-refractivity contribution in [2.75, 3.05) is 13.1 Å². The summed E-state index contributed by atoms with van der Waals surface area (Å²) in [6.07, 6.45) is 2.98. The van der Waals surface area contributed by atoms with Gasteiger partial charge in [-0.25, -0.2) is 4.99 Å². The normalized spacial score (nSPS) is 15.7. The highest BCUT2D eigenvalue weighted by Crippen LogP contribution is 2.27. The van der Waals surface area contributed by atoms with Crippen LogP contribution in [-0.4, -0.2) is 39.8 Å². The van der Waals surface area contributed by atoms with Gasteiger partial charge in [0.05, 0.1) is 6.54 Å². The lowest BCUT2D eigenvalue weighted by Gasteiger charge is -2.15. The molecule has 1 aliphatic rings. The number of hydrogen-bond acceptors (Lipinski definition) is 4. The second kappa shape index (κ2) is 9.03. The van der Waals surface area contributed by atoms with Crippen molar-refractivity contribution in [3.8, 4) is 5.75 Å². The summed E-state index contributed by atoms with van der Waals surface area (Å²) in [6, 6.07) is 14.0. The topological polar surface area (TPSA) is 75.8 Å². The fraction of sp³-hybridized carbons (Fsp3) is 0.316. The summed E-state index contributed by atoms with van der Waals surface area (Å²) < 4.78 is 7.92. The van der Waals surface area contributed by atoms with Crippen LogP contribution in [0.4, 0.5) is 0 Å². The van der Waals surface area contributed by atoms with Crippen molar-refractivity contribution in [2.45, 2.75) is 26.0 Å². The smallest absolute Gasteiger partial charge is 0.191 e. The maximum Gasteiger partial charge on any atom is 0.191 e. The monoisotopic (exact) mass is 478 g/mol. The molecule has 1 unspecified atom stereocenters. The van der Waals surface area contributed by atoms with Gasteiger partial charge in [0.1, 0.15) is 18.4 Å². The predicted molar refractivity (Wildman–Crippen MR) is 116 cm³/mol. The minimum Gasteiger partial charge on any atom is -0.488 e. The maximum absolute atomic E-state index is 5.97. The van der Waals surface area contributed by atoms with E-state index < -0.39 is 0 Å². The van der Waals surface area contributed by atoms with Crippen LogP contribution in [-0.2, 0) is 13.0 Å². The first-order chi connectivity index (χ1) is 12.8. The van der Waals surface area contributed by atoms with Gasteiger partial charge < -0.3 is 15.4 Å². The van der Waals surface area contributed by atoms with Gasteiger partial charge in [-0.1, -0.05) is 24.3 Å². The van der Waals surface area contributed by atoms with Crippen LogP contribution in [0, 0.1) is 0 Å². The molecule has 3 heterocycles. The number of halogens is 1. The Labute approximate surface area is 175 Å². The van der Waals surface area contributed by atoms with Gasteiger partial charge in [-0.3, -0.25) is 4.40 Å². The summed E-state index contributed by atoms with van der Waals surface area (Å²) in [7, 11) is 0. The molecule has 8 heteroatoms. The van der Waals surface area contributed by atoms with Gasteiger partial charge >= 0.3 is 0 Å². The molecule has 2 aromatic heterocycles. The Bertz CT molecular complexity index is 900. The SMILES string of the molecule is CCNC(=NCc1nnc2ccccn12)NCC1Cc2ccccc2O1.I. The summed E-state index contributed by atoms with van der Waals surface area (Å²) in [5.41, 5.74) is 2.09. The Morgan fingerprint density at radius 3 is 2.89 bits per heavy atom. The molecular weight excluding hydrogens is 455 g/mol. The van der Waals surface area contributed by atoms with E-state index in [1.54, 1.807) is 0 Å². The zero-order valence-corrected chi connectivity index (χ0v) is 17.5. The fourth-order valence-electron chi connectivity index (χ4n) is 3.07. The molecule has 0 spiro atoms. The van der Waals surface area contributed by atoms with E-state index in [0.29, 0.717) is 13.1 Å². The largest absolute Gasteiger partial charge is 0.488 e. The number of hydrogen-bond donors (Lipinski definition) is 2. The number of aromatic nitrogens is 3. The molecule has 0 saturated carbocycles. The van der Waals surface area contributed by atoms with E-state index in [-0.39, 0.29) is 30.1 Å². The van der Waals surface area contributed by atoms with E-state index in [1.165, 1.54) is 5.56 Å². The first kappa shape index (κ1) is 19.4. The molecule has 3 aromatic rings. The van der Waals surface area contributed by atoms with Crippen LogP contribution in [0.3, 0.4) is 0 Å². The lowest BCUT2D eigenvalue weighted by atomic mass is 10.1. The van der Waals surface area contributed by atoms with Gasteiger partial charge in [-0.05, 0) is 30.7 Å². The number of rotatable bonds is 5. The van der Waals surface area contributed by atoms with Crippen LogP contribution in [0.1, 0.15) is 18.3 Å². The molecule has 0 amide bonds. The number of guanidine groups is 1. The number of aliphatic imine (C=N–C) groups is 1. The predicted octanol–water partition coefficient (Wildman–Crippen LogP) is 2.41. The van der Waals surface area contributed by atoms with Gasteiger partial charge in [0.15, 0.2) is 17.4 Å². The van der Waals surface area contributed by atoms with E-state index in [2.05, 4.69) is 31.9 Å². The van der Waals surface area contributed by atoms with Crippen molar-refractivity contribution in [2.24, 2.45) is 4.99 Å². The summed E-state index contributed by atoms with van der Waals surface area (Å²) in [5.74, 6) is 2.54. The summed E-state index contributed by atoms with van der Waals surface area (Å²) >= 11 is 0. The van der Waals surface area contributed by atoms with Gasteiger partial charge in [-0.15, -0.1) is 34.2 Å². The number of fused-ring (bicyclic) bond motifs is 2. The van der Waals surface area contributed by atoms with Crippen LogP contribution in [0.25, 0.3) is 5.65 Å². The van der Waals surface area contributed by atoms with E-state index in [9.17, 15) is 0 Å². The number of benzene rings is 1. The van der Waals surface area contributed by atoms with E-state index in [4.69, 9.17) is 4.74 Å². The van der Waals surface area contributed by atoms with Gasteiger partial charge in [0, 0.05) is 19.2 Å². The van der Waals surface area contributed by atoms with Crippen molar-refractivity contribution in [1.29, 1.82) is 0 Å². The lowest BCUT2D eigenvalue weighted by molar-refractivity contribution is 0.235. The Hall–Kier alpha value is -2.36. The molecule has 1 atom stereocenters. The third-order valence-electron chi connectivity index (χ3n) is 4.32. The minimum atomic E-state index is 0. The lowest BCUT2D eigenvalue weighted by Crippen LogP contribution is -2.42. The molecule has 1 aromatic carbocycles. The van der Waals surface area contributed by atoms with Crippen molar-refractivity contribution in [1.82, 2.24) is 25.2 Å². The second-order valence-corrected chi connectivity index (χ2v) is 6.17. The van der Waals surface area contributed by atoms with Crippen LogP contribution in [0.2, 0.25) is 0 Å². The van der Waals surface area contributed by atoms with Gasteiger partial charge in [-0.2, -0.15) is 0 Å². The first-order valence-corrected chi connectivity index (χ1v) is 8.89. The summed E-state index contributed by atoms with van der Waals surface area (Å²) in [6.45, 7) is 3.98. The summed E-state index contributed by atoms with van der Waals surface area (Å²) in [5, 5.41) is 15.0. The van der Waals surface area contributed by atoms with Crippen LogP contribution in [0.5, 0.6) is 5.75 Å². The van der Waals surface area contributed by atoms with E-state index >= 15 is 0 Å². The third-order valence-corrected chi connectivity index (χ3v) is 4.32. The number of ether oxygens (including phenoxy) is 1. The van der Waals surface area contributed by atoms with Crippen LogP contribution >= 0.6 is 24.0 Å². The Kier molecular flexibility index (Phi) is 6.49. The fourth-order valence-corrected chi connectivity index (χ4v) is 3.07. The Morgan fingerprint density at radius 1 is 1.19 bits per heavy atom. The van der Waals surface area contributed by atoms with Crippen molar-refractivity contribution < 1.29 is 4.74 Å². The maximum atomic E-state index is 5.97. The standard InChI is InChI=1S/C19H22N6O.HI/c1-2-20-19(21-12-15-11-14-7-3-4-8-16(14)26-15)22-13-18-24-23-17-9-5-6-10-25(17)18;/h3-10,15H,2,11-13H2,1H3,(H2,20,21,22);1H. The minimum absolute atomic E-state index is 0. The van der Waals surface area contributed by atoms with Crippen LogP contribution in [0.15, 0.2) is 53.7 Å². The number of nitrogens with one attached hydrogen (secondary N) is 2. The quantitative estimate of drug-likeness (QED) is 0.335. The molecule has 27 heavy (non-hydrogen) atoms. The second-order valence-electron chi connectivity index (χ2n) is 6.17. The zero-order chi connectivity index (χ0) is 17.8. The molecule has 2 N–H and O–H groups in total. The molecule has 1 aliphatic heterocycles. The van der Waals surface area contributed by atoms with Crippen molar-refractivity contribution >= 4 is 35.6 Å². The van der Waals surface area contributed by atoms with Gasteiger partial charge in [0.2, 0.25) is 0 Å². The molecule has 7 nitrogen and oxygen atoms in total. The zero-order valence-electron chi connectivity index (χ0n) is 15.1. The molecule has 0 bridgehead atoms. The highest BCUT2D eigenvalue weighted by atomic mass is 127. The average Bonchev–Trinajstić information content (AvgIpc) is 3.27. The highest BCUT2D eigenvalue weighted by Gasteiger charge is 2.22. The van der Waals surface area contributed by atoms with Crippen molar-refractivity contribution in [3.05, 3.63) is 60.0 Å². The van der Waals surface area contributed by atoms with Crippen molar-refractivity contribution in [3.63, 3.8) is 0 Å². The summed E-state index contributed by atoms with van der Waals surface area (Å²) in [4.78, 5) is 4.63. The molecule has 0 aliphatic carbocycles. The molecule has 142 valence electrons. The molecule has 4 rings (SSSR count).